The molecule has 3 fully saturated rings. The molecule has 3 heterocycles. The Bertz CT molecular complexity index is 1020. The molecule has 0 radical (unpaired) electrons. The average Bonchev–Trinajstić information content (AvgIpc) is 3.47. The van der Waals surface area contributed by atoms with Crippen LogP contribution in [0.1, 0.15) is 46.0 Å². The van der Waals surface area contributed by atoms with E-state index in [-0.39, 0.29) is 38.1 Å². The molecular weight excluding hydrogens is 484 g/mol. The van der Waals surface area contributed by atoms with Crippen LogP contribution in [0.3, 0.4) is 0 Å². The number of benzene rings is 1. The van der Waals surface area contributed by atoms with Gasteiger partial charge in [-0.05, 0) is 63.3 Å². The molecule has 0 saturated carbocycles. The Labute approximate surface area is 217 Å². The Morgan fingerprint density at radius 2 is 2.00 bits per heavy atom. The zero-order valence-electron chi connectivity index (χ0n) is 21.0. The fourth-order valence-electron chi connectivity index (χ4n) is 6.44. The summed E-state index contributed by atoms with van der Waals surface area (Å²) in [5, 5.41) is 9.87. The van der Waals surface area contributed by atoms with Crippen LogP contribution in [0.5, 0.6) is 0 Å². The molecular formula is C27H35ClN2O6. The van der Waals surface area contributed by atoms with Gasteiger partial charge in [0.15, 0.2) is 0 Å². The molecule has 0 aliphatic carbocycles. The highest BCUT2D eigenvalue weighted by Gasteiger charge is 2.79. The van der Waals surface area contributed by atoms with Crippen LogP contribution in [0.25, 0.3) is 0 Å². The van der Waals surface area contributed by atoms with Crippen molar-refractivity contribution in [2.45, 2.75) is 63.2 Å². The van der Waals surface area contributed by atoms with Gasteiger partial charge in [-0.3, -0.25) is 14.4 Å². The number of carbonyl (C=O) groups is 3. The highest BCUT2D eigenvalue weighted by atomic mass is 35.5. The maximum atomic E-state index is 14.3. The Morgan fingerprint density at radius 1 is 1.28 bits per heavy atom. The maximum absolute atomic E-state index is 14.3. The molecule has 1 aromatic carbocycles. The molecule has 3 saturated heterocycles. The minimum atomic E-state index is -1.12. The number of aliphatic hydroxyl groups is 1. The van der Waals surface area contributed by atoms with E-state index in [1.54, 1.807) is 47.1 Å². The Morgan fingerprint density at radius 3 is 2.61 bits per heavy atom. The standard InChI is InChI=1S/C27H35ClN2O6/c1-4-15-29(19-11-9-18(28)10-12-19)24(33)22-27-14-13-26(5-2,36-27)21(25(34)35-6-3)20(27)23(32)30(22)16-7-8-17-31/h4,9-12,20-22,31H,1,5-8,13-17H2,2-3H3/t20-,21+,22?,26-,27?/m0/s1. The summed E-state index contributed by atoms with van der Waals surface area (Å²) in [6, 6.07) is 6.03. The van der Waals surface area contributed by atoms with Crippen LogP contribution in [-0.2, 0) is 23.9 Å². The summed E-state index contributed by atoms with van der Waals surface area (Å²) in [6.07, 6.45) is 4.28. The quantitative estimate of drug-likeness (QED) is 0.274. The minimum Gasteiger partial charge on any atom is -0.466 e. The first-order valence-electron chi connectivity index (χ1n) is 12.8. The molecule has 3 aliphatic heterocycles. The van der Waals surface area contributed by atoms with E-state index < -0.39 is 35.0 Å². The van der Waals surface area contributed by atoms with Gasteiger partial charge in [0.2, 0.25) is 5.91 Å². The second-order valence-corrected chi connectivity index (χ2v) is 10.2. The number of aliphatic hydroxyl groups excluding tert-OH is 1. The molecule has 3 aliphatic rings. The van der Waals surface area contributed by atoms with E-state index in [4.69, 9.17) is 21.1 Å². The largest absolute Gasteiger partial charge is 0.466 e. The molecule has 2 amide bonds. The highest BCUT2D eigenvalue weighted by Crippen LogP contribution is 2.64. The van der Waals surface area contributed by atoms with Gasteiger partial charge < -0.3 is 24.4 Å². The lowest BCUT2D eigenvalue weighted by Gasteiger charge is -2.37. The van der Waals surface area contributed by atoms with Gasteiger partial charge in [-0.2, -0.15) is 0 Å². The van der Waals surface area contributed by atoms with Gasteiger partial charge >= 0.3 is 5.97 Å². The van der Waals surface area contributed by atoms with E-state index in [0.29, 0.717) is 42.8 Å². The number of ether oxygens (including phenoxy) is 2. The summed E-state index contributed by atoms with van der Waals surface area (Å²) in [5.74, 6) is -2.53. The molecule has 4 rings (SSSR count). The van der Waals surface area contributed by atoms with Crippen LogP contribution in [0.4, 0.5) is 5.69 Å². The van der Waals surface area contributed by atoms with Gasteiger partial charge in [-0.15, -0.1) is 6.58 Å². The Kier molecular flexibility index (Phi) is 7.78. The third-order valence-corrected chi connectivity index (χ3v) is 8.23. The van der Waals surface area contributed by atoms with Gasteiger partial charge in [-0.1, -0.05) is 24.6 Å². The first kappa shape index (κ1) is 26.6. The normalized spacial score (nSPS) is 30.4. The lowest BCUT2D eigenvalue weighted by Crippen LogP contribution is -2.56. The summed E-state index contributed by atoms with van der Waals surface area (Å²) in [4.78, 5) is 44.7. The second-order valence-electron chi connectivity index (χ2n) is 9.76. The summed E-state index contributed by atoms with van der Waals surface area (Å²) in [6.45, 7) is 8.22. The van der Waals surface area contributed by atoms with Crippen molar-refractivity contribution in [2.75, 3.05) is 31.2 Å². The first-order valence-corrected chi connectivity index (χ1v) is 13.1. The number of likely N-dealkylation sites (tertiary alicyclic amines) is 1. The number of anilines is 1. The summed E-state index contributed by atoms with van der Waals surface area (Å²) < 4.78 is 12.1. The van der Waals surface area contributed by atoms with Crippen molar-refractivity contribution in [2.24, 2.45) is 11.8 Å². The number of hydrogen-bond acceptors (Lipinski definition) is 6. The molecule has 1 N–H and O–H groups in total. The van der Waals surface area contributed by atoms with Crippen molar-refractivity contribution in [3.63, 3.8) is 0 Å². The fraction of sp³-hybridized carbons (Fsp3) is 0.593. The molecule has 9 heteroatoms. The van der Waals surface area contributed by atoms with Crippen LogP contribution in [0, 0.1) is 11.8 Å². The van der Waals surface area contributed by atoms with E-state index in [9.17, 15) is 19.5 Å². The zero-order chi connectivity index (χ0) is 26.1. The van der Waals surface area contributed by atoms with Gasteiger partial charge in [0, 0.05) is 30.4 Å². The number of esters is 1. The topological polar surface area (TPSA) is 96.4 Å². The van der Waals surface area contributed by atoms with Crippen LogP contribution in [-0.4, -0.2) is 71.3 Å². The molecule has 0 aromatic heterocycles. The van der Waals surface area contributed by atoms with Gasteiger partial charge in [0.1, 0.15) is 17.6 Å². The van der Waals surface area contributed by atoms with E-state index in [1.165, 1.54) is 0 Å². The van der Waals surface area contributed by atoms with E-state index >= 15 is 0 Å². The fourth-order valence-corrected chi connectivity index (χ4v) is 6.57. The summed E-state index contributed by atoms with van der Waals surface area (Å²) in [5.41, 5.74) is -1.31. The molecule has 8 nitrogen and oxygen atoms in total. The molecule has 2 unspecified atom stereocenters. The molecule has 196 valence electrons. The number of amides is 2. The number of rotatable bonds is 11. The van der Waals surface area contributed by atoms with Gasteiger partial charge in [0.25, 0.3) is 5.91 Å². The Hall–Kier alpha value is -2.42. The first-order chi connectivity index (χ1) is 17.3. The SMILES string of the molecule is C=CCN(C(=O)C1N(CCCCO)C(=O)[C@@H]2[C@H](C(=O)OCC)[C@]3(CC)CCC12O3)c1ccc(Cl)cc1. The third-order valence-electron chi connectivity index (χ3n) is 7.98. The van der Waals surface area contributed by atoms with Crippen LogP contribution < -0.4 is 4.90 Å². The van der Waals surface area contributed by atoms with Crippen molar-refractivity contribution in [1.29, 1.82) is 0 Å². The third kappa shape index (κ3) is 4.13. The lowest BCUT2D eigenvalue weighted by molar-refractivity contribution is -0.160. The molecule has 5 atom stereocenters. The predicted molar refractivity (Wildman–Crippen MR) is 136 cm³/mol. The molecule has 1 spiro atoms. The van der Waals surface area contributed by atoms with Crippen molar-refractivity contribution >= 4 is 35.1 Å². The van der Waals surface area contributed by atoms with Crippen molar-refractivity contribution in [1.82, 2.24) is 4.90 Å². The van der Waals surface area contributed by atoms with E-state index in [1.807, 2.05) is 6.92 Å². The monoisotopic (exact) mass is 518 g/mol. The van der Waals surface area contributed by atoms with Gasteiger partial charge in [-0.25, -0.2) is 0 Å². The number of hydrogen-bond donors (Lipinski definition) is 1. The van der Waals surface area contributed by atoms with Crippen molar-refractivity contribution in [3.05, 3.63) is 41.9 Å². The molecule has 1 aromatic rings. The van der Waals surface area contributed by atoms with Crippen LogP contribution >= 0.6 is 11.6 Å². The second kappa shape index (κ2) is 10.5. The van der Waals surface area contributed by atoms with Crippen LogP contribution in [0.2, 0.25) is 5.02 Å². The maximum Gasteiger partial charge on any atom is 0.312 e. The summed E-state index contributed by atoms with van der Waals surface area (Å²) >= 11 is 6.08. The van der Waals surface area contributed by atoms with E-state index in [0.717, 1.165) is 0 Å². The number of nitrogens with zero attached hydrogens (tertiary/aromatic N) is 2. The number of halogens is 1. The zero-order valence-corrected chi connectivity index (χ0v) is 21.7. The minimum absolute atomic E-state index is 0.0104. The lowest BCUT2D eigenvalue weighted by atomic mass is 9.65. The molecule has 36 heavy (non-hydrogen) atoms. The van der Waals surface area contributed by atoms with Gasteiger partial charge in [0.05, 0.1) is 18.1 Å². The average molecular weight is 519 g/mol. The van der Waals surface area contributed by atoms with Crippen LogP contribution in [0.15, 0.2) is 36.9 Å². The van der Waals surface area contributed by atoms with Crippen molar-refractivity contribution in [3.8, 4) is 0 Å². The van der Waals surface area contributed by atoms with E-state index in [2.05, 4.69) is 6.58 Å². The summed E-state index contributed by atoms with van der Waals surface area (Å²) in [7, 11) is 0. The number of unbranched alkanes of at least 4 members (excludes halogenated alkanes) is 1. The predicted octanol–water partition coefficient (Wildman–Crippen LogP) is 3.35. The smallest absolute Gasteiger partial charge is 0.312 e. The molecule has 2 bridgehead atoms. The van der Waals surface area contributed by atoms with Crippen molar-refractivity contribution < 1.29 is 29.0 Å². The number of carbonyl (C=O) groups excluding carboxylic acids is 3. The highest BCUT2D eigenvalue weighted by molar-refractivity contribution is 6.30. The Balaban J connectivity index is 1.79. The number of fused-ring (bicyclic) bond motifs is 1.